The molecule has 8 nitrogen and oxygen atoms in total. The second-order valence-corrected chi connectivity index (χ2v) is 8.06. The molecule has 10 heteroatoms. The Bertz CT molecular complexity index is 981. The normalized spacial score (nSPS) is 11.2. The van der Waals surface area contributed by atoms with Crippen LogP contribution in [0.3, 0.4) is 0 Å². The van der Waals surface area contributed by atoms with E-state index < -0.39 is 15.9 Å². The summed E-state index contributed by atoms with van der Waals surface area (Å²) in [5, 5.41) is 10.8. The summed E-state index contributed by atoms with van der Waals surface area (Å²) >= 11 is 1.47. The van der Waals surface area contributed by atoms with Crippen molar-refractivity contribution in [2.75, 3.05) is 11.6 Å². The number of rotatable bonds is 5. The molecule has 0 fully saturated rings. The molecule has 0 aliphatic carbocycles. The Labute approximate surface area is 147 Å². The number of urea groups is 1. The molecule has 0 atom stereocenters. The fourth-order valence-corrected chi connectivity index (χ4v) is 3.28. The Morgan fingerprint density at radius 3 is 2.84 bits per heavy atom. The third-order valence-corrected chi connectivity index (χ3v) is 5.10. The minimum absolute atomic E-state index is 0.0759. The number of hydrogen-bond donors (Lipinski definition) is 2. The summed E-state index contributed by atoms with van der Waals surface area (Å²) in [6, 6.07) is 9.22. The molecule has 2 aromatic heterocycles. The van der Waals surface area contributed by atoms with Gasteiger partial charge in [0.1, 0.15) is 0 Å². The number of amides is 2. The summed E-state index contributed by atoms with van der Waals surface area (Å²) in [5.74, 6) is 0.733. The van der Waals surface area contributed by atoms with E-state index in [1.807, 2.05) is 17.5 Å². The van der Waals surface area contributed by atoms with Crippen LogP contribution in [-0.4, -0.2) is 30.8 Å². The highest BCUT2D eigenvalue weighted by atomic mass is 32.2. The molecule has 0 aliphatic heterocycles. The van der Waals surface area contributed by atoms with Gasteiger partial charge in [-0.3, -0.25) is 0 Å². The average Bonchev–Trinajstić information content (AvgIpc) is 3.24. The van der Waals surface area contributed by atoms with Crippen LogP contribution in [0.2, 0.25) is 0 Å². The van der Waals surface area contributed by atoms with E-state index in [4.69, 9.17) is 4.52 Å². The maximum atomic E-state index is 11.9. The predicted octanol–water partition coefficient (Wildman–Crippen LogP) is 2.52. The molecule has 3 rings (SSSR count). The van der Waals surface area contributed by atoms with Gasteiger partial charge in [0.25, 0.3) is 5.89 Å². The fraction of sp³-hybridized carbons (Fsp3) is 0.133. The van der Waals surface area contributed by atoms with E-state index in [2.05, 4.69) is 20.8 Å². The van der Waals surface area contributed by atoms with Crippen molar-refractivity contribution in [2.45, 2.75) is 11.4 Å². The van der Waals surface area contributed by atoms with E-state index in [1.165, 1.54) is 23.5 Å². The van der Waals surface area contributed by atoms with Crippen LogP contribution in [0.4, 0.5) is 10.5 Å². The van der Waals surface area contributed by atoms with Gasteiger partial charge in [-0.1, -0.05) is 17.3 Å². The number of sulfone groups is 1. The average molecular weight is 378 g/mol. The van der Waals surface area contributed by atoms with Gasteiger partial charge >= 0.3 is 6.03 Å². The molecular formula is C15H14N4O4S2. The first kappa shape index (κ1) is 17.1. The smallest absolute Gasteiger partial charge is 0.319 e. The van der Waals surface area contributed by atoms with Gasteiger partial charge in [-0.15, -0.1) is 11.3 Å². The van der Waals surface area contributed by atoms with Crippen LogP contribution >= 0.6 is 11.3 Å². The van der Waals surface area contributed by atoms with Gasteiger partial charge in [-0.25, -0.2) is 13.2 Å². The van der Waals surface area contributed by atoms with Gasteiger partial charge in [0.15, 0.2) is 15.7 Å². The molecule has 0 spiro atoms. The third-order valence-electron chi connectivity index (χ3n) is 3.13. The molecule has 0 saturated carbocycles. The topological polar surface area (TPSA) is 114 Å². The zero-order valence-electron chi connectivity index (χ0n) is 13.1. The van der Waals surface area contributed by atoms with Gasteiger partial charge in [-0.05, 0) is 29.6 Å². The highest BCUT2D eigenvalue weighted by Crippen LogP contribution is 2.22. The lowest BCUT2D eigenvalue weighted by atomic mass is 10.3. The lowest BCUT2D eigenvalue weighted by Crippen LogP contribution is -2.28. The van der Waals surface area contributed by atoms with Crippen molar-refractivity contribution in [3.05, 3.63) is 47.6 Å². The summed E-state index contributed by atoms with van der Waals surface area (Å²) in [5.41, 5.74) is 0.368. The maximum Gasteiger partial charge on any atom is 0.319 e. The molecule has 25 heavy (non-hydrogen) atoms. The number of anilines is 1. The minimum atomic E-state index is -3.34. The highest BCUT2D eigenvalue weighted by molar-refractivity contribution is 7.90. The van der Waals surface area contributed by atoms with Crippen LogP contribution in [-0.2, 0) is 16.4 Å². The largest absolute Gasteiger partial charge is 0.333 e. The fourth-order valence-electron chi connectivity index (χ4n) is 1.97. The van der Waals surface area contributed by atoms with E-state index >= 15 is 0 Å². The lowest BCUT2D eigenvalue weighted by molar-refractivity contribution is 0.251. The Morgan fingerprint density at radius 1 is 1.28 bits per heavy atom. The number of benzene rings is 1. The Kier molecular flexibility index (Phi) is 4.81. The van der Waals surface area contributed by atoms with Crippen molar-refractivity contribution < 1.29 is 17.7 Å². The number of nitrogens with one attached hydrogen (secondary N) is 2. The molecule has 0 unspecified atom stereocenters. The van der Waals surface area contributed by atoms with Crippen molar-refractivity contribution in [1.82, 2.24) is 15.5 Å². The molecule has 0 saturated heterocycles. The predicted molar refractivity (Wildman–Crippen MR) is 93.0 cm³/mol. The number of hydrogen-bond acceptors (Lipinski definition) is 7. The van der Waals surface area contributed by atoms with Crippen LogP contribution in [0.1, 0.15) is 5.82 Å². The van der Waals surface area contributed by atoms with Crippen LogP contribution < -0.4 is 10.6 Å². The SMILES string of the molecule is CS(=O)(=O)c1cccc(NC(=O)NCc2noc(-c3cccs3)n2)c1. The van der Waals surface area contributed by atoms with E-state index in [9.17, 15) is 13.2 Å². The molecule has 1 aromatic carbocycles. The highest BCUT2D eigenvalue weighted by Gasteiger charge is 2.12. The molecule has 0 radical (unpaired) electrons. The van der Waals surface area contributed by atoms with E-state index in [-0.39, 0.29) is 11.4 Å². The summed E-state index contributed by atoms with van der Waals surface area (Å²) in [7, 11) is -3.34. The van der Waals surface area contributed by atoms with Crippen molar-refractivity contribution in [1.29, 1.82) is 0 Å². The molecule has 130 valence electrons. The Balaban J connectivity index is 1.58. The molecule has 0 aliphatic rings. The number of carbonyl (C=O) groups is 1. The van der Waals surface area contributed by atoms with E-state index in [0.717, 1.165) is 11.1 Å². The number of carbonyl (C=O) groups excluding carboxylic acids is 1. The van der Waals surface area contributed by atoms with Gasteiger partial charge in [0, 0.05) is 11.9 Å². The van der Waals surface area contributed by atoms with Gasteiger partial charge < -0.3 is 15.2 Å². The van der Waals surface area contributed by atoms with Crippen molar-refractivity contribution in [2.24, 2.45) is 0 Å². The summed E-state index contributed by atoms with van der Waals surface area (Å²) < 4.78 is 28.2. The molecule has 2 amide bonds. The first-order valence-corrected chi connectivity index (χ1v) is 9.90. The first-order valence-electron chi connectivity index (χ1n) is 7.13. The summed E-state index contributed by atoms with van der Waals surface area (Å²) in [6.07, 6.45) is 1.10. The zero-order valence-corrected chi connectivity index (χ0v) is 14.7. The van der Waals surface area contributed by atoms with Gasteiger partial charge in [0.2, 0.25) is 0 Å². The molecule has 3 aromatic rings. The summed E-state index contributed by atoms with van der Waals surface area (Å²) in [6.45, 7) is 0.0759. The van der Waals surface area contributed by atoms with Crippen molar-refractivity contribution in [3.63, 3.8) is 0 Å². The number of aromatic nitrogens is 2. The van der Waals surface area contributed by atoms with Gasteiger partial charge in [-0.2, -0.15) is 4.98 Å². The lowest BCUT2D eigenvalue weighted by Gasteiger charge is -2.07. The quantitative estimate of drug-likeness (QED) is 0.705. The van der Waals surface area contributed by atoms with Gasteiger partial charge in [0.05, 0.1) is 16.3 Å². The molecule has 0 bridgehead atoms. The summed E-state index contributed by atoms with van der Waals surface area (Å²) in [4.78, 5) is 17.1. The second-order valence-electron chi connectivity index (χ2n) is 5.10. The Hall–Kier alpha value is -2.72. The minimum Gasteiger partial charge on any atom is -0.333 e. The number of thiophene rings is 1. The monoisotopic (exact) mass is 378 g/mol. The van der Waals surface area contributed by atoms with Crippen molar-refractivity contribution >= 4 is 32.9 Å². The molecular weight excluding hydrogens is 364 g/mol. The van der Waals surface area contributed by atoms with Crippen molar-refractivity contribution in [3.8, 4) is 10.8 Å². The standard InChI is InChI=1S/C15H14N4O4S2/c1-25(21,22)11-5-2-4-10(8-11)17-15(20)16-9-13-18-14(23-19-13)12-6-3-7-24-12/h2-8H,9H2,1H3,(H2,16,17,20). The number of nitrogens with zero attached hydrogens (tertiary/aromatic N) is 2. The first-order chi connectivity index (χ1) is 11.9. The Morgan fingerprint density at radius 2 is 2.12 bits per heavy atom. The van der Waals surface area contributed by atoms with E-state index in [1.54, 1.807) is 12.1 Å². The maximum absolute atomic E-state index is 11.9. The zero-order chi connectivity index (χ0) is 17.9. The van der Waals surface area contributed by atoms with Crippen LogP contribution in [0.25, 0.3) is 10.8 Å². The van der Waals surface area contributed by atoms with E-state index in [0.29, 0.717) is 17.4 Å². The van der Waals surface area contributed by atoms with Crippen LogP contribution in [0, 0.1) is 0 Å². The third kappa shape index (κ3) is 4.43. The van der Waals surface area contributed by atoms with Crippen LogP contribution in [0.15, 0.2) is 51.2 Å². The van der Waals surface area contributed by atoms with Crippen LogP contribution in [0.5, 0.6) is 0 Å². The molecule has 2 N–H and O–H groups in total. The second kappa shape index (κ2) is 7.03. The molecule has 2 heterocycles.